The second-order valence-corrected chi connectivity index (χ2v) is 8.72. The molecule has 0 N–H and O–H groups in total. The van der Waals surface area contributed by atoms with Crippen molar-refractivity contribution >= 4 is 22.5 Å². The minimum Gasteiger partial charge on any atom is -0.497 e. The number of carbonyl (C=O) groups excluding carboxylic acids is 1. The SMILES string of the molecule is CCOc1ccc2ccccc2c1C(=O)N1CCN(c2ccc(-c3cc(OC)ccc3OC)nn2)CC1. The number of ether oxygens (including phenoxy) is 3. The van der Waals surface area contributed by atoms with Crippen molar-refractivity contribution in [2.24, 2.45) is 0 Å². The molecule has 0 unspecified atom stereocenters. The summed E-state index contributed by atoms with van der Waals surface area (Å²) in [6.45, 7) is 4.93. The van der Waals surface area contributed by atoms with E-state index in [9.17, 15) is 4.79 Å². The Morgan fingerprint density at radius 1 is 0.865 bits per heavy atom. The lowest BCUT2D eigenvalue weighted by Gasteiger charge is -2.35. The van der Waals surface area contributed by atoms with E-state index in [1.807, 2.05) is 78.6 Å². The van der Waals surface area contributed by atoms with Crippen molar-refractivity contribution in [3.05, 3.63) is 72.3 Å². The molecule has 1 aliphatic heterocycles. The topological polar surface area (TPSA) is 77.0 Å². The first kappa shape index (κ1) is 24.4. The Hall–Kier alpha value is -4.33. The van der Waals surface area contributed by atoms with E-state index in [-0.39, 0.29) is 5.91 Å². The summed E-state index contributed by atoms with van der Waals surface area (Å²) >= 11 is 0. The molecule has 1 fully saturated rings. The monoisotopic (exact) mass is 498 g/mol. The summed E-state index contributed by atoms with van der Waals surface area (Å²) in [5.74, 6) is 2.82. The molecule has 0 spiro atoms. The van der Waals surface area contributed by atoms with Crippen LogP contribution in [0.15, 0.2) is 66.7 Å². The van der Waals surface area contributed by atoms with E-state index in [1.165, 1.54) is 0 Å². The fourth-order valence-corrected chi connectivity index (χ4v) is 4.70. The minimum absolute atomic E-state index is 0.00791. The van der Waals surface area contributed by atoms with E-state index in [0.29, 0.717) is 55.5 Å². The Balaban J connectivity index is 1.31. The van der Waals surface area contributed by atoms with E-state index in [1.54, 1.807) is 14.2 Å². The highest BCUT2D eigenvalue weighted by Crippen LogP contribution is 2.33. The van der Waals surface area contributed by atoms with Crippen LogP contribution in [0.2, 0.25) is 0 Å². The van der Waals surface area contributed by atoms with E-state index in [4.69, 9.17) is 14.2 Å². The fraction of sp³-hybridized carbons (Fsp3) is 0.276. The van der Waals surface area contributed by atoms with Crippen LogP contribution in [0.1, 0.15) is 17.3 Å². The Morgan fingerprint density at radius 3 is 2.35 bits per heavy atom. The Bertz CT molecular complexity index is 1400. The molecule has 1 aliphatic rings. The molecule has 1 aromatic heterocycles. The molecule has 4 aromatic rings. The van der Waals surface area contributed by atoms with Gasteiger partial charge in [0.1, 0.15) is 17.2 Å². The van der Waals surface area contributed by atoms with Gasteiger partial charge in [-0.3, -0.25) is 4.79 Å². The van der Waals surface area contributed by atoms with E-state index < -0.39 is 0 Å². The number of amides is 1. The maximum absolute atomic E-state index is 13.6. The number of nitrogens with zero attached hydrogens (tertiary/aromatic N) is 4. The molecule has 1 saturated heterocycles. The second-order valence-electron chi connectivity index (χ2n) is 8.72. The van der Waals surface area contributed by atoms with Gasteiger partial charge in [-0.1, -0.05) is 30.3 Å². The zero-order valence-corrected chi connectivity index (χ0v) is 21.3. The van der Waals surface area contributed by atoms with Crippen LogP contribution < -0.4 is 19.1 Å². The number of fused-ring (bicyclic) bond motifs is 1. The summed E-state index contributed by atoms with van der Waals surface area (Å²) in [6.07, 6.45) is 0. The number of carbonyl (C=O) groups is 1. The first-order valence-electron chi connectivity index (χ1n) is 12.4. The van der Waals surface area contributed by atoms with Gasteiger partial charge in [-0.05, 0) is 54.1 Å². The first-order valence-corrected chi connectivity index (χ1v) is 12.4. The van der Waals surface area contributed by atoms with Crippen LogP contribution >= 0.6 is 0 Å². The third-order valence-corrected chi connectivity index (χ3v) is 6.63. The first-order chi connectivity index (χ1) is 18.1. The highest BCUT2D eigenvalue weighted by Gasteiger charge is 2.27. The lowest BCUT2D eigenvalue weighted by Crippen LogP contribution is -2.49. The summed E-state index contributed by atoms with van der Waals surface area (Å²) in [4.78, 5) is 17.7. The molecular formula is C29H30N4O4. The summed E-state index contributed by atoms with van der Waals surface area (Å²) in [7, 11) is 3.26. The second kappa shape index (κ2) is 10.7. The average Bonchev–Trinajstić information content (AvgIpc) is 2.96. The van der Waals surface area contributed by atoms with Crippen LogP contribution in [0.5, 0.6) is 17.2 Å². The fourth-order valence-electron chi connectivity index (χ4n) is 4.70. The molecular weight excluding hydrogens is 468 g/mol. The van der Waals surface area contributed by atoms with Gasteiger partial charge < -0.3 is 24.0 Å². The molecule has 37 heavy (non-hydrogen) atoms. The van der Waals surface area contributed by atoms with Gasteiger partial charge >= 0.3 is 0 Å². The molecule has 0 aliphatic carbocycles. The van der Waals surface area contributed by atoms with E-state index in [0.717, 1.165) is 27.9 Å². The van der Waals surface area contributed by atoms with Crippen molar-refractivity contribution in [3.8, 4) is 28.5 Å². The van der Waals surface area contributed by atoms with Crippen molar-refractivity contribution in [1.82, 2.24) is 15.1 Å². The third kappa shape index (κ3) is 4.87. The van der Waals surface area contributed by atoms with Crippen molar-refractivity contribution in [1.29, 1.82) is 0 Å². The molecule has 0 radical (unpaired) electrons. The van der Waals surface area contributed by atoms with E-state index in [2.05, 4.69) is 15.1 Å². The van der Waals surface area contributed by atoms with Crippen LogP contribution in [-0.4, -0.2) is 68.0 Å². The van der Waals surface area contributed by atoms with Gasteiger partial charge in [-0.15, -0.1) is 10.2 Å². The van der Waals surface area contributed by atoms with E-state index >= 15 is 0 Å². The van der Waals surface area contributed by atoms with Crippen LogP contribution in [0.25, 0.3) is 22.0 Å². The van der Waals surface area contributed by atoms with Gasteiger partial charge in [-0.2, -0.15) is 0 Å². The maximum atomic E-state index is 13.6. The van der Waals surface area contributed by atoms with Crippen molar-refractivity contribution in [2.45, 2.75) is 6.92 Å². The van der Waals surface area contributed by atoms with Crippen LogP contribution in [0.4, 0.5) is 5.82 Å². The predicted molar refractivity (Wildman–Crippen MR) is 144 cm³/mol. The molecule has 8 nitrogen and oxygen atoms in total. The molecule has 0 bridgehead atoms. The molecule has 1 amide bonds. The minimum atomic E-state index is -0.00791. The summed E-state index contributed by atoms with van der Waals surface area (Å²) < 4.78 is 16.7. The summed E-state index contributed by atoms with van der Waals surface area (Å²) in [6, 6.07) is 21.3. The standard InChI is InChI=1S/C29H30N4O4/c1-4-37-26-12-9-20-7-5-6-8-22(20)28(26)29(34)33-17-15-32(16-18-33)27-14-11-24(30-31-27)23-19-21(35-2)10-13-25(23)36-3/h5-14,19H,4,15-18H2,1-3H3. The predicted octanol–water partition coefficient (Wildman–Crippen LogP) is 4.68. The Labute approximate surface area is 216 Å². The van der Waals surface area contributed by atoms with Crippen LogP contribution in [0.3, 0.4) is 0 Å². The molecule has 5 rings (SSSR count). The van der Waals surface area contributed by atoms with Crippen molar-refractivity contribution in [3.63, 3.8) is 0 Å². The van der Waals surface area contributed by atoms with Gasteiger partial charge in [0.2, 0.25) is 0 Å². The number of piperazine rings is 1. The summed E-state index contributed by atoms with van der Waals surface area (Å²) in [5, 5.41) is 10.9. The quantitative estimate of drug-likeness (QED) is 0.366. The molecule has 0 saturated carbocycles. The lowest BCUT2D eigenvalue weighted by molar-refractivity contribution is 0.0744. The number of hydrogen-bond donors (Lipinski definition) is 0. The van der Waals surface area contributed by atoms with Crippen molar-refractivity contribution < 1.29 is 19.0 Å². The lowest BCUT2D eigenvalue weighted by atomic mass is 10.0. The molecule has 2 heterocycles. The third-order valence-electron chi connectivity index (χ3n) is 6.63. The largest absolute Gasteiger partial charge is 0.497 e. The Kier molecular flexibility index (Phi) is 7.07. The van der Waals surface area contributed by atoms with Crippen LogP contribution in [0, 0.1) is 0 Å². The molecule has 190 valence electrons. The zero-order valence-electron chi connectivity index (χ0n) is 21.3. The molecule has 3 aromatic carbocycles. The van der Waals surface area contributed by atoms with Gasteiger partial charge in [-0.25, -0.2) is 0 Å². The number of anilines is 1. The number of benzene rings is 3. The van der Waals surface area contributed by atoms with Crippen molar-refractivity contribution in [2.75, 3.05) is 51.9 Å². The van der Waals surface area contributed by atoms with Gasteiger partial charge in [0.25, 0.3) is 5.91 Å². The van der Waals surface area contributed by atoms with Gasteiger partial charge in [0.15, 0.2) is 5.82 Å². The summed E-state index contributed by atoms with van der Waals surface area (Å²) in [5.41, 5.74) is 2.15. The number of hydrogen-bond acceptors (Lipinski definition) is 7. The van der Waals surface area contributed by atoms with Gasteiger partial charge in [0.05, 0.1) is 32.1 Å². The normalized spacial score (nSPS) is 13.5. The van der Waals surface area contributed by atoms with Crippen LogP contribution in [-0.2, 0) is 0 Å². The smallest absolute Gasteiger partial charge is 0.258 e. The maximum Gasteiger partial charge on any atom is 0.258 e. The number of methoxy groups -OCH3 is 2. The average molecular weight is 499 g/mol. The zero-order chi connectivity index (χ0) is 25.8. The number of aromatic nitrogens is 2. The molecule has 0 atom stereocenters. The highest BCUT2D eigenvalue weighted by atomic mass is 16.5. The highest BCUT2D eigenvalue weighted by molar-refractivity contribution is 6.09. The number of rotatable bonds is 7. The Morgan fingerprint density at radius 2 is 1.65 bits per heavy atom. The van der Waals surface area contributed by atoms with Gasteiger partial charge in [0, 0.05) is 31.7 Å². The molecule has 8 heteroatoms.